The molecule has 0 bridgehead atoms. The van der Waals surface area contributed by atoms with Gasteiger partial charge in [-0.05, 0) is 49.1 Å². The number of methoxy groups -OCH3 is 2. The van der Waals surface area contributed by atoms with Crippen LogP contribution in [0.3, 0.4) is 0 Å². The smallest absolute Gasteiger partial charge is 0.232 e. The van der Waals surface area contributed by atoms with E-state index in [1.807, 2.05) is 42.6 Å². The van der Waals surface area contributed by atoms with E-state index in [1.54, 1.807) is 18.8 Å². The second-order valence-electron chi connectivity index (χ2n) is 6.93. The lowest BCUT2D eigenvalue weighted by molar-refractivity contribution is 0.0897. The summed E-state index contributed by atoms with van der Waals surface area (Å²) < 4.78 is 12.3. The van der Waals surface area contributed by atoms with E-state index in [0.29, 0.717) is 30.4 Å². The first-order chi connectivity index (χ1) is 13.2. The largest absolute Gasteiger partial charge is 0.493 e. The fourth-order valence-electron chi connectivity index (χ4n) is 3.56. The van der Waals surface area contributed by atoms with Crippen LogP contribution in [-0.4, -0.2) is 30.7 Å². The van der Waals surface area contributed by atoms with Crippen LogP contribution >= 0.6 is 0 Å². The van der Waals surface area contributed by atoms with E-state index in [4.69, 9.17) is 14.5 Å². The van der Waals surface area contributed by atoms with Crippen LogP contribution in [0.5, 0.6) is 11.5 Å². The van der Waals surface area contributed by atoms with Crippen LogP contribution < -0.4 is 15.0 Å². The van der Waals surface area contributed by atoms with Crippen LogP contribution in [0.15, 0.2) is 47.6 Å². The summed E-state index contributed by atoms with van der Waals surface area (Å²) in [5.41, 5.74) is 1.81. The van der Waals surface area contributed by atoms with Crippen molar-refractivity contribution >= 4 is 5.91 Å². The molecule has 1 aromatic heterocycles. The molecule has 5 nitrogen and oxygen atoms in total. The van der Waals surface area contributed by atoms with Gasteiger partial charge >= 0.3 is 0 Å². The van der Waals surface area contributed by atoms with Crippen molar-refractivity contribution in [1.82, 2.24) is 4.57 Å². The molecule has 27 heavy (non-hydrogen) atoms. The van der Waals surface area contributed by atoms with Crippen molar-refractivity contribution in [2.24, 2.45) is 4.99 Å². The molecular formula is C22H28N2O3. The first-order valence-corrected chi connectivity index (χ1v) is 9.67. The third-order valence-corrected chi connectivity index (χ3v) is 5.07. The second-order valence-corrected chi connectivity index (χ2v) is 6.93. The number of ether oxygens (including phenoxy) is 2. The first kappa shape index (κ1) is 19.2. The van der Waals surface area contributed by atoms with Gasteiger partial charge in [0.15, 0.2) is 11.5 Å². The maximum Gasteiger partial charge on any atom is 0.232 e. The maximum absolute atomic E-state index is 12.8. The van der Waals surface area contributed by atoms with E-state index in [1.165, 1.54) is 19.3 Å². The summed E-state index contributed by atoms with van der Waals surface area (Å²) in [7, 11) is 3.23. The Kier molecular flexibility index (Phi) is 6.69. The number of carbonyl (C=O) groups excluding carboxylic acids is 1. The zero-order chi connectivity index (χ0) is 19.1. The molecule has 1 saturated carbocycles. The Morgan fingerprint density at radius 1 is 1.07 bits per heavy atom. The van der Waals surface area contributed by atoms with Crippen LogP contribution in [0.25, 0.3) is 0 Å². The van der Waals surface area contributed by atoms with Crippen molar-refractivity contribution in [1.29, 1.82) is 0 Å². The molecule has 0 atom stereocenters. The maximum atomic E-state index is 12.8. The third-order valence-electron chi connectivity index (χ3n) is 5.07. The molecule has 144 valence electrons. The molecule has 1 aromatic carbocycles. The second kappa shape index (κ2) is 9.40. The lowest BCUT2D eigenvalue weighted by Gasteiger charge is -2.17. The summed E-state index contributed by atoms with van der Waals surface area (Å²) in [5.74, 6) is 1.43. The highest BCUT2D eigenvalue weighted by Gasteiger charge is 2.13. The van der Waals surface area contributed by atoms with E-state index in [-0.39, 0.29) is 5.91 Å². The van der Waals surface area contributed by atoms with Crippen LogP contribution in [0.4, 0.5) is 0 Å². The molecule has 1 aliphatic carbocycles. The van der Waals surface area contributed by atoms with Crippen molar-refractivity contribution in [3.05, 3.63) is 53.6 Å². The summed E-state index contributed by atoms with van der Waals surface area (Å²) in [5, 5.41) is 0. The molecule has 0 spiro atoms. The molecule has 1 fully saturated rings. The zero-order valence-electron chi connectivity index (χ0n) is 16.2. The van der Waals surface area contributed by atoms with Gasteiger partial charge in [0.25, 0.3) is 0 Å². The number of benzene rings is 1. The lowest BCUT2D eigenvalue weighted by atomic mass is 9.96. The van der Waals surface area contributed by atoms with Crippen molar-refractivity contribution in [3.63, 3.8) is 0 Å². The molecule has 0 N–H and O–H groups in total. The normalized spacial score (nSPS) is 15.6. The number of aromatic nitrogens is 1. The molecular weight excluding hydrogens is 340 g/mol. The molecule has 1 aliphatic rings. The Hall–Kier alpha value is -2.56. The summed E-state index contributed by atoms with van der Waals surface area (Å²) >= 11 is 0. The Morgan fingerprint density at radius 2 is 1.85 bits per heavy atom. The summed E-state index contributed by atoms with van der Waals surface area (Å²) in [6.45, 7) is 0. The molecule has 5 heteroatoms. The van der Waals surface area contributed by atoms with Gasteiger partial charge < -0.3 is 9.47 Å². The minimum atomic E-state index is 0.0555. The van der Waals surface area contributed by atoms with E-state index in [0.717, 1.165) is 23.9 Å². The number of carbonyl (C=O) groups is 1. The Labute approximate surface area is 160 Å². The van der Waals surface area contributed by atoms with Crippen molar-refractivity contribution < 1.29 is 14.3 Å². The van der Waals surface area contributed by atoms with E-state index >= 15 is 0 Å². The van der Waals surface area contributed by atoms with E-state index in [9.17, 15) is 4.79 Å². The van der Waals surface area contributed by atoms with Crippen LogP contribution in [0.2, 0.25) is 0 Å². The molecule has 3 rings (SSSR count). The van der Waals surface area contributed by atoms with Gasteiger partial charge in [0.05, 0.1) is 20.3 Å². The molecule has 1 heterocycles. The highest BCUT2D eigenvalue weighted by molar-refractivity contribution is 5.78. The summed E-state index contributed by atoms with van der Waals surface area (Å²) in [4.78, 5) is 17.7. The van der Waals surface area contributed by atoms with E-state index in [2.05, 4.69) is 0 Å². The highest BCUT2D eigenvalue weighted by atomic mass is 16.5. The van der Waals surface area contributed by atoms with Gasteiger partial charge in [-0.3, -0.25) is 14.4 Å². The standard InChI is InChI=1S/C22H28N2O3/c1-26-19-13-11-17(16-20(19)27-2)12-14-22(25)24-15-7-6-10-21(24)23-18-8-4-3-5-9-18/h6-7,10-11,13,15-16,18H,3-5,8-9,12,14H2,1-2H3. The fourth-order valence-corrected chi connectivity index (χ4v) is 3.56. The molecule has 0 unspecified atom stereocenters. The molecule has 0 amide bonds. The SMILES string of the molecule is COc1ccc(CCC(=O)n2ccccc2=NC2CCCCC2)cc1OC. The zero-order valence-corrected chi connectivity index (χ0v) is 16.2. The summed E-state index contributed by atoms with van der Waals surface area (Å²) in [6.07, 6.45) is 8.87. The number of nitrogens with zero attached hydrogens (tertiary/aromatic N) is 2. The van der Waals surface area contributed by atoms with Crippen molar-refractivity contribution in [2.75, 3.05) is 14.2 Å². The number of rotatable bonds is 6. The van der Waals surface area contributed by atoms with Crippen LogP contribution in [-0.2, 0) is 6.42 Å². The lowest BCUT2D eigenvalue weighted by Crippen LogP contribution is -2.29. The molecule has 2 aromatic rings. The Bertz CT molecular complexity index is 835. The number of hydrogen-bond acceptors (Lipinski definition) is 4. The predicted octanol–water partition coefficient (Wildman–Crippen LogP) is 4.01. The van der Waals surface area contributed by atoms with Gasteiger partial charge in [-0.25, -0.2) is 0 Å². The predicted molar refractivity (Wildman–Crippen MR) is 105 cm³/mol. The number of hydrogen-bond donors (Lipinski definition) is 0. The van der Waals surface area contributed by atoms with Crippen molar-refractivity contribution in [3.8, 4) is 11.5 Å². The summed E-state index contributed by atoms with van der Waals surface area (Å²) in [6, 6.07) is 11.9. The number of pyridine rings is 1. The third kappa shape index (κ3) is 5.00. The molecule has 0 radical (unpaired) electrons. The van der Waals surface area contributed by atoms with E-state index < -0.39 is 0 Å². The quantitative estimate of drug-likeness (QED) is 0.774. The van der Waals surface area contributed by atoms with Crippen LogP contribution in [0, 0.1) is 0 Å². The Balaban J connectivity index is 1.72. The Morgan fingerprint density at radius 3 is 2.59 bits per heavy atom. The van der Waals surface area contributed by atoms with Gasteiger partial charge in [-0.2, -0.15) is 0 Å². The van der Waals surface area contributed by atoms with Gasteiger partial charge in [0, 0.05) is 12.6 Å². The van der Waals surface area contributed by atoms with Crippen LogP contribution in [0.1, 0.15) is 48.9 Å². The topological polar surface area (TPSA) is 52.8 Å². The fraction of sp³-hybridized carbons (Fsp3) is 0.455. The van der Waals surface area contributed by atoms with Crippen molar-refractivity contribution in [2.45, 2.75) is 51.0 Å². The average molecular weight is 368 g/mol. The van der Waals surface area contributed by atoms with Gasteiger partial charge in [-0.15, -0.1) is 0 Å². The first-order valence-electron chi connectivity index (χ1n) is 9.67. The monoisotopic (exact) mass is 368 g/mol. The average Bonchev–Trinajstić information content (AvgIpc) is 2.73. The highest BCUT2D eigenvalue weighted by Crippen LogP contribution is 2.28. The van der Waals surface area contributed by atoms with Gasteiger partial charge in [0.1, 0.15) is 5.49 Å². The minimum absolute atomic E-state index is 0.0555. The van der Waals surface area contributed by atoms with Gasteiger partial charge in [0.2, 0.25) is 5.91 Å². The van der Waals surface area contributed by atoms with Gasteiger partial charge in [-0.1, -0.05) is 31.4 Å². The number of aryl methyl sites for hydroxylation is 1. The molecule has 0 aliphatic heterocycles. The molecule has 0 saturated heterocycles. The minimum Gasteiger partial charge on any atom is -0.493 e.